The summed E-state index contributed by atoms with van der Waals surface area (Å²) >= 11 is 0. The lowest BCUT2D eigenvalue weighted by Gasteiger charge is -2.41. The fourth-order valence-electron chi connectivity index (χ4n) is 10.6. The van der Waals surface area contributed by atoms with Crippen LogP contribution in [0.1, 0.15) is 303 Å². The minimum absolute atomic E-state index is 0.104. The second kappa shape index (κ2) is 60.1. The summed E-state index contributed by atoms with van der Waals surface area (Å²) in [6.45, 7) is 5.70. The average molecular weight is 1180 g/mol. The number of aliphatic hydroxyl groups is 5. The monoisotopic (exact) mass is 1180 g/mol. The van der Waals surface area contributed by atoms with E-state index in [1.165, 1.54) is 141 Å². The first-order valence-corrected chi connectivity index (χ1v) is 34.9. The Morgan fingerprint density at radius 1 is 0.476 bits per heavy atom. The Hall–Kier alpha value is -3.16. The van der Waals surface area contributed by atoms with Gasteiger partial charge in [0, 0.05) is 6.42 Å². The number of unbranched alkanes of at least 4 members (excludes halogenated alkanes) is 33. The number of ether oxygens (including phenoxy) is 3. The van der Waals surface area contributed by atoms with Gasteiger partial charge >= 0.3 is 5.97 Å². The van der Waals surface area contributed by atoms with Gasteiger partial charge < -0.3 is 45.1 Å². The number of allylic oxidation sites excluding steroid dienone is 13. The first kappa shape index (κ1) is 78.9. The predicted molar refractivity (Wildman–Crippen MR) is 352 cm³/mol. The van der Waals surface area contributed by atoms with Gasteiger partial charge in [-0.3, -0.25) is 9.59 Å². The zero-order valence-electron chi connectivity index (χ0n) is 54.0. The molecule has 0 aromatic carbocycles. The van der Waals surface area contributed by atoms with Gasteiger partial charge in [0.1, 0.15) is 24.4 Å². The number of aliphatic hydroxyl groups excluding tert-OH is 5. The van der Waals surface area contributed by atoms with Crippen molar-refractivity contribution in [2.24, 2.45) is 0 Å². The van der Waals surface area contributed by atoms with Crippen LogP contribution in [-0.4, -0.2) is 99.6 Å². The maximum atomic E-state index is 13.5. The molecule has 1 aliphatic rings. The molecule has 0 spiro atoms. The van der Waals surface area contributed by atoms with Crippen LogP contribution in [0, 0.1) is 0 Å². The molecule has 84 heavy (non-hydrogen) atoms. The van der Waals surface area contributed by atoms with Gasteiger partial charge in [-0.1, -0.05) is 305 Å². The van der Waals surface area contributed by atoms with Crippen molar-refractivity contribution < 1.29 is 49.3 Å². The highest BCUT2D eigenvalue weighted by Gasteiger charge is 2.47. The van der Waals surface area contributed by atoms with Gasteiger partial charge in [-0.25, -0.2) is 0 Å². The highest BCUT2D eigenvalue weighted by molar-refractivity contribution is 5.80. The van der Waals surface area contributed by atoms with Crippen LogP contribution in [0.3, 0.4) is 0 Å². The molecule has 486 valence electrons. The van der Waals surface area contributed by atoms with Gasteiger partial charge in [0.25, 0.3) is 0 Å². The van der Waals surface area contributed by atoms with Crippen molar-refractivity contribution in [1.82, 2.24) is 5.32 Å². The fourth-order valence-corrected chi connectivity index (χ4v) is 10.6. The second-order valence-electron chi connectivity index (χ2n) is 23.9. The van der Waals surface area contributed by atoms with Crippen molar-refractivity contribution in [2.75, 3.05) is 13.2 Å². The molecule has 0 saturated carbocycles. The average Bonchev–Trinajstić information content (AvgIpc) is 3.69. The molecule has 1 fully saturated rings. The number of rotatable bonds is 59. The van der Waals surface area contributed by atoms with E-state index in [4.69, 9.17) is 14.2 Å². The zero-order valence-corrected chi connectivity index (χ0v) is 54.0. The smallest absolute Gasteiger partial charge is 0.306 e. The van der Waals surface area contributed by atoms with Crippen LogP contribution in [0.2, 0.25) is 0 Å². The first-order valence-electron chi connectivity index (χ1n) is 34.9. The van der Waals surface area contributed by atoms with E-state index in [-0.39, 0.29) is 13.0 Å². The Morgan fingerprint density at radius 2 is 0.857 bits per heavy atom. The van der Waals surface area contributed by atoms with Crippen molar-refractivity contribution in [3.63, 3.8) is 0 Å². The van der Waals surface area contributed by atoms with Crippen molar-refractivity contribution in [3.05, 3.63) is 85.1 Å². The highest BCUT2D eigenvalue weighted by Crippen LogP contribution is 2.26. The largest absolute Gasteiger partial charge is 0.454 e. The molecule has 11 nitrogen and oxygen atoms in total. The van der Waals surface area contributed by atoms with Crippen LogP contribution in [-0.2, 0) is 23.8 Å². The molecule has 1 heterocycles. The molecular weight excluding hydrogens is 1050 g/mol. The predicted octanol–water partition coefficient (Wildman–Crippen LogP) is 17.7. The first-order chi connectivity index (χ1) is 41.2. The molecule has 11 heteroatoms. The van der Waals surface area contributed by atoms with Gasteiger partial charge in [0.15, 0.2) is 12.4 Å². The molecule has 1 rings (SSSR count). The summed E-state index contributed by atoms with van der Waals surface area (Å²) in [5.41, 5.74) is 0. The summed E-state index contributed by atoms with van der Waals surface area (Å²) < 4.78 is 17.7. The summed E-state index contributed by atoms with van der Waals surface area (Å²) in [4.78, 5) is 26.7. The molecule has 0 radical (unpaired) electrons. The number of carbonyl (C=O) groups is 2. The maximum Gasteiger partial charge on any atom is 0.306 e. The van der Waals surface area contributed by atoms with Gasteiger partial charge in [-0.15, -0.1) is 0 Å². The standard InChI is InChI=1S/C73H129NO10/c1-4-7-10-13-16-19-22-25-27-29-31-32-33-34-35-36-37-39-41-43-46-49-52-55-58-61-68(78)84-71-70(80)69(79)67(62-75)83-73(71)82-63-64(65(76)59-56-53-50-47-44-24-21-18-15-12-9-6-3)74-72(81)66(77)60-57-54-51-48-45-42-40-38-30-28-26-23-20-17-14-11-8-5-2/h7,10,16,19,25,27,31-32,34-35,37,39,56,59,64-67,69-71,73,75-77,79-80H,4-6,8-9,11-15,17-18,20-24,26,28-30,33,36,38,40-55,57-58,60-63H2,1-3H3,(H,74,81)/b10-7-,19-16-,27-25-,32-31-,35-34-,39-37-,59-56+. The molecule has 8 unspecified atom stereocenters. The summed E-state index contributed by atoms with van der Waals surface area (Å²) in [5.74, 6) is -1.20. The lowest BCUT2D eigenvalue weighted by molar-refractivity contribution is -0.305. The van der Waals surface area contributed by atoms with Gasteiger partial charge in [0.05, 0.1) is 25.4 Å². The second-order valence-corrected chi connectivity index (χ2v) is 23.9. The lowest BCUT2D eigenvalue weighted by atomic mass is 9.99. The van der Waals surface area contributed by atoms with Gasteiger partial charge in [-0.05, 0) is 77.0 Å². The van der Waals surface area contributed by atoms with E-state index in [9.17, 15) is 35.1 Å². The van der Waals surface area contributed by atoms with E-state index < -0.39 is 67.4 Å². The van der Waals surface area contributed by atoms with Crippen LogP contribution >= 0.6 is 0 Å². The third-order valence-electron chi connectivity index (χ3n) is 16.1. The molecule has 1 aliphatic heterocycles. The van der Waals surface area contributed by atoms with Crippen molar-refractivity contribution in [1.29, 1.82) is 0 Å². The number of nitrogens with one attached hydrogen (secondary N) is 1. The van der Waals surface area contributed by atoms with E-state index in [0.29, 0.717) is 19.3 Å². The Bertz CT molecular complexity index is 1690. The fraction of sp³-hybridized carbons (Fsp3) is 0.781. The van der Waals surface area contributed by atoms with E-state index >= 15 is 0 Å². The number of amides is 1. The van der Waals surface area contributed by atoms with Crippen molar-refractivity contribution >= 4 is 11.9 Å². The minimum Gasteiger partial charge on any atom is -0.454 e. The molecule has 0 aliphatic carbocycles. The minimum atomic E-state index is -1.62. The highest BCUT2D eigenvalue weighted by atomic mass is 16.7. The SMILES string of the molecule is CC/C=C\C/C=C\C/C=C\C/C=C\C/C=C\C/C=C\CCCCCCCCC(=O)OC1C(OCC(NC(=O)C(O)CCCCCCCCCCCCCCCCCCCC)C(O)/C=C/CCCCCCCCCCCC)OC(CO)C(O)C1O. The van der Waals surface area contributed by atoms with E-state index in [0.717, 1.165) is 116 Å². The molecular formula is C73H129NO10. The Labute approximate surface area is 514 Å². The number of hydrogen-bond donors (Lipinski definition) is 6. The van der Waals surface area contributed by atoms with Gasteiger partial charge in [-0.2, -0.15) is 0 Å². The van der Waals surface area contributed by atoms with Crippen LogP contribution in [0.15, 0.2) is 85.1 Å². The number of esters is 1. The molecule has 1 amide bonds. The topological polar surface area (TPSA) is 175 Å². The molecule has 1 saturated heterocycles. The Kier molecular flexibility index (Phi) is 56.5. The normalized spacial score (nSPS) is 19.0. The number of carbonyl (C=O) groups excluding carboxylic acids is 2. The Balaban J connectivity index is 2.60. The Morgan fingerprint density at radius 3 is 1.29 bits per heavy atom. The maximum absolute atomic E-state index is 13.5. The van der Waals surface area contributed by atoms with Crippen LogP contribution in [0.25, 0.3) is 0 Å². The van der Waals surface area contributed by atoms with E-state index in [1.807, 2.05) is 6.08 Å². The molecule has 0 aromatic heterocycles. The lowest BCUT2D eigenvalue weighted by Crippen LogP contribution is -2.61. The molecule has 0 bridgehead atoms. The third kappa shape index (κ3) is 47.0. The van der Waals surface area contributed by atoms with Crippen LogP contribution in [0.4, 0.5) is 0 Å². The summed E-state index contributed by atoms with van der Waals surface area (Å²) in [6.07, 6.45) is 69.0. The summed E-state index contributed by atoms with van der Waals surface area (Å²) in [5, 5.41) is 57.2. The molecule has 6 N–H and O–H groups in total. The summed E-state index contributed by atoms with van der Waals surface area (Å²) in [7, 11) is 0. The molecule has 0 aromatic rings. The van der Waals surface area contributed by atoms with Gasteiger partial charge in [0.2, 0.25) is 5.91 Å². The zero-order chi connectivity index (χ0) is 61.0. The molecule has 8 atom stereocenters. The quantitative estimate of drug-likeness (QED) is 0.0195. The van der Waals surface area contributed by atoms with Crippen molar-refractivity contribution in [2.45, 2.75) is 352 Å². The third-order valence-corrected chi connectivity index (χ3v) is 16.1. The van der Waals surface area contributed by atoms with Crippen LogP contribution in [0.5, 0.6) is 0 Å². The summed E-state index contributed by atoms with van der Waals surface area (Å²) in [6, 6.07) is -1.03. The number of hydrogen-bond acceptors (Lipinski definition) is 10. The van der Waals surface area contributed by atoms with E-state index in [2.05, 4.69) is 99.0 Å². The van der Waals surface area contributed by atoms with E-state index in [1.54, 1.807) is 6.08 Å². The van der Waals surface area contributed by atoms with Crippen LogP contribution < -0.4 is 5.32 Å². The van der Waals surface area contributed by atoms with Crippen molar-refractivity contribution in [3.8, 4) is 0 Å².